The number of pyridine rings is 1. The maximum absolute atomic E-state index is 6.37. The second-order valence-electron chi connectivity index (χ2n) is 7.78. The van der Waals surface area contributed by atoms with Gasteiger partial charge in [-0.2, -0.15) is 0 Å². The smallest absolute Gasteiger partial charge is 0.170 e. The lowest BCUT2D eigenvalue weighted by Gasteiger charge is -2.27. The molecule has 162 valence electrons. The Bertz CT molecular complexity index is 1000. The van der Waals surface area contributed by atoms with E-state index < -0.39 is 0 Å². The van der Waals surface area contributed by atoms with Gasteiger partial charge in [-0.05, 0) is 81.8 Å². The number of furan rings is 1. The highest BCUT2D eigenvalue weighted by Crippen LogP contribution is 2.40. The van der Waals surface area contributed by atoms with Gasteiger partial charge in [0.1, 0.15) is 23.3 Å². The van der Waals surface area contributed by atoms with E-state index >= 15 is 0 Å². The fraction of sp³-hybridized carbons (Fsp3) is 0.333. The molecule has 4 rings (SSSR count). The normalized spacial score (nSPS) is 18.5. The van der Waals surface area contributed by atoms with Crippen molar-refractivity contribution in [3.63, 3.8) is 0 Å². The van der Waals surface area contributed by atoms with Crippen molar-refractivity contribution in [1.82, 2.24) is 20.1 Å². The Morgan fingerprint density at radius 3 is 2.61 bits per heavy atom. The van der Waals surface area contributed by atoms with E-state index in [0.29, 0.717) is 6.61 Å². The Balaban J connectivity index is 1.65. The molecule has 31 heavy (non-hydrogen) atoms. The molecule has 3 heterocycles. The highest BCUT2D eigenvalue weighted by Gasteiger charge is 2.41. The van der Waals surface area contributed by atoms with Crippen LogP contribution in [0.25, 0.3) is 11.3 Å². The first kappa shape index (κ1) is 21.3. The van der Waals surface area contributed by atoms with Gasteiger partial charge in [0.15, 0.2) is 5.11 Å². The molecular formula is C24H28N4O2S. The van der Waals surface area contributed by atoms with Crippen molar-refractivity contribution >= 4 is 17.3 Å². The Morgan fingerprint density at radius 1 is 1.13 bits per heavy atom. The molecule has 0 saturated carbocycles. The van der Waals surface area contributed by atoms with Gasteiger partial charge >= 0.3 is 0 Å². The molecule has 1 aliphatic heterocycles. The van der Waals surface area contributed by atoms with Gasteiger partial charge in [-0.1, -0.05) is 6.07 Å². The van der Waals surface area contributed by atoms with Crippen LogP contribution in [0.1, 0.15) is 30.5 Å². The molecular weight excluding hydrogens is 408 g/mol. The van der Waals surface area contributed by atoms with Crippen LogP contribution >= 0.6 is 12.2 Å². The summed E-state index contributed by atoms with van der Waals surface area (Å²) in [4.78, 5) is 8.94. The van der Waals surface area contributed by atoms with E-state index in [1.165, 1.54) is 0 Å². The van der Waals surface area contributed by atoms with Gasteiger partial charge in [0, 0.05) is 24.8 Å². The van der Waals surface area contributed by atoms with Gasteiger partial charge in [0.25, 0.3) is 0 Å². The van der Waals surface area contributed by atoms with Crippen molar-refractivity contribution in [2.75, 3.05) is 33.8 Å². The maximum atomic E-state index is 6.37. The number of rotatable bonds is 8. The lowest BCUT2D eigenvalue weighted by molar-refractivity contribution is 0.250. The average Bonchev–Trinajstić information content (AvgIpc) is 3.38. The zero-order valence-corrected chi connectivity index (χ0v) is 18.9. The van der Waals surface area contributed by atoms with Crippen LogP contribution in [0.2, 0.25) is 0 Å². The highest BCUT2D eigenvalue weighted by molar-refractivity contribution is 7.80. The van der Waals surface area contributed by atoms with Gasteiger partial charge in [0.2, 0.25) is 0 Å². The molecule has 2 aromatic heterocycles. The van der Waals surface area contributed by atoms with Crippen molar-refractivity contribution in [1.29, 1.82) is 0 Å². The van der Waals surface area contributed by atoms with E-state index in [1.807, 2.05) is 67.7 Å². The maximum Gasteiger partial charge on any atom is 0.170 e. The Hall–Kier alpha value is -2.90. The molecule has 0 amide bonds. The topological polar surface area (TPSA) is 53.8 Å². The molecule has 1 saturated heterocycles. The van der Waals surface area contributed by atoms with Crippen molar-refractivity contribution in [2.45, 2.75) is 19.0 Å². The molecule has 0 bridgehead atoms. The third-order valence-corrected chi connectivity index (χ3v) is 5.71. The fourth-order valence-electron chi connectivity index (χ4n) is 3.81. The minimum Gasteiger partial charge on any atom is -0.494 e. The van der Waals surface area contributed by atoms with Gasteiger partial charge in [0.05, 0.1) is 18.3 Å². The van der Waals surface area contributed by atoms with E-state index in [0.717, 1.165) is 46.7 Å². The number of aromatic nitrogens is 1. The standard InChI is InChI=1S/C24H28N4O2S/c1-4-29-18-10-8-17(9-11-18)20-12-13-21(30-20)23-22(19-7-5-6-14-25-19)26-24(31)28(23)16-15-27(2)3/h5-14,22-23H,4,15-16H2,1-3H3,(H,26,31). The van der Waals surface area contributed by atoms with Crippen LogP contribution in [0, 0.1) is 0 Å². The molecule has 1 aliphatic rings. The molecule has 1 aromatic carbocycles. The van der Waals surface area contributed by atoms with Crippen LogP contribution < -0.4 is 10.1 Å². The number of nitrogens with one attached hydrogen (secondary N) is 1. The molecule has 6 nitrogen and oxygen atoms in total. The van der Waals surface area contributed by atoms with Crippen molar-refractivity contribution in [3.05, 3.63) is 72.2 Å². The number of hydrogen-bond acceptors (Lipinski definition) is 5. The van der Waals surface area contributed by atoms with Crippen LogP contribution in [-0.2, 0) is 0 Å². The summed E-state index contributed by atoms with van der Waals surface area (Å²) in [5.74, 6) is 2.54. The van der Waals surface area contributed by atoms with Crippen LogP contribution in [-0.4, -0.2) is 53.7 Å². The third kappa shape index (κ3) is 4.73. The number of hydrogen-bond donors (Lipinski definition) is 1. The molecule has 7 heteroatoms. The molecule has 2 atom stereocenters. The van der Waals surface area contributed by atoms with Crippen molar-refractivity contribution < 1.29 is 9.15 Å². The van der Waals surface area contributed by atoms with E-state index in [1.54, 1.807) is 0 Å². The molecule has 1 N–H and O–H groups in total. The van der Waals surface area contributed by atoms with E-state index in [2.05, 4.69) is 34.2 Å². The predicted octanol–water partition coefficient (Wildman–Crippen LogP) is 4.27. The first-order chi connectivity index (χ1) is 15.1. The molecule has 0 spiro atoms. The van der Waals surface area contributed by atoms with E-state index in [-0.39, 0.29) is 12.1 Å². The molecule has 2 unspecified atom stereocenters. The zero-order chi connectivity index (χ0) is 21.8. The number of ether oxygens (including phenoxy) is 1. The first-order valence-corrected chi connectivity index (χ1v) is 10.9. The second-order valence-corrected chi connectivity index (χ2v) is 8.17. The minimum absolute atomic E-state index is 0.0706. The van der Waals surface area contributed by atoms with Gasteiger partial charge < -0.3 is 24.3 Å². The van der Waals surface area contributed by atoms with E-state index in [9.17, 15) is 0 Å². The molecule has 0 aliphatic carbocycles. The van der Waals surface area contributed by atoms with Crippen LogP contribution in [0.5, 0.6) is 5.75 Å². The summed E-state index contributed by atoms with van der Waals surface area (Å²) >= 11 is 5.70. The molecule has 3 aromatic rings. The lowest BCUT2D eigenvalue weighted by atomic mass is 10.0. The summed E-state index contributed by atoms with van der Waals surface area (Å²) in [6, 6.07) is 17.8. The summed E-state index contributed by atoms with van der Waals surface area (Å²) in [5, 5.41) is 4.19. The Morgan fingerprint density at radius 2 is 1.94 bits per heavy atom. The monoisotopic (exact) mass is 436 g/mol. The predicted molar refractivity (Wildman–Crippen MR) is 126 cm³/mol. The van der Waals surface area contributed by atoms with Gasteiger partial charge in [-0.3, -0.25) is 4.98 Å². The summed E-state index contributed by atoms with van der Waals surface area (Å²) in [6.07, 6.45) is 1.81. The Labute approximate surface area is 188 Å². The summed E-state index contributed by atoms with van der Waals surface area (Å²) in [7, 11) is 4.13. The zero-order valence-electron chi connectivity index (χ0n) is 18.1. The van der Waals surface area contributed by atoms with Gasteiger partial charge in [-0.25, -0.2) is 0 Å². The largest absolute Gasteiger partial charge is 0.494 e. The summed E-state index contributed by atoms with van der Waals surface area (Å²) < 4.78 is 11.9. The summed E-state index contributed by atoms with van der Waals surface area (Å²) in [6.45, 7) is 4.31. The lowest BCUT2D eigenvalue weighted by Crippen LogP contribution is -2.35. The fourth-order valence-corrected chi connectivity index (χ4v) is 4.14. The third-order valence-electron chi connectivity index (χ3n) is 5.35. The van der Waals surface area contributed by atoms with E-state index in [4.69, 9.17) is 21.4 Å². The number of nitrogens with zero attached hydrogens (tertiary/aromatic N) is 3. The van der Waals surface area contributed by atoms with Crippen LogP contribution in [0.4, 0.5) is 0 Å². The SMILES string of the molecule is CCOc1ccc(-c2ccc(C3C(c4ccccn4)NC(=S)N3CCN(C)C)o2)cc1. The average molecular weight is 437 g/mol. The summed E-state index contributed by atoms with van der Waals surface area (Å²) in [5.41, 5.74) is 1.96. The minimum atomic E-state index is -0.0739. The second kappa shape index (κ2) is 9.49. The van der Waals surface area contributed by atoms with Gasteiger partial charge in [-0.15, -0.1) is 0 Å². The molecule has 1 fully saturated rings. The first-order valence-electron chi connectivity index (χ1n) is 10.5. The highest BCUT2D eigenvalue weighted by atomic mass is 32.1. The van der Waals surface area contributed by atoms with Crippen molar-refractivity contribution in [3.8, 4) is 17.1 Å². The Kier molecular flexibility index (Phi) is 6.53. The number of thiocarbonyl (C=S) groups is 1. The molecule has 0 radical (unpaired) electrons. The van der Waals surface area contributed by atoms with Crippen molar-refractivity contribution in [2.24, 2.45) is 0 Å². The van der Waals surface area contributed by atoms with Crippen LogP contribution in [0.15, 0.2) is 65.2 Å². The number of benzene rings is 1. The number of likely N-dealkylation sites (N-methyl/N-ethyl adjacent to an activating group) is 1. The quantitative estimate of drug-likeness (QED) is 0.529. The van der Waals surface area contributed by atoms with Crippen LogP contribution in [0.3, 0.4) is 0 Å².